The summed E-state index contributed by atoms with van der Waals surface area (Å²) in [5.74, 6) is 0.636. The standard InChI is InChI=1S/C11H12N6O2/c1-5-7(10(19)16-11-12-4-13-17-11)9(18)15-8(14-5)6-2-3-6/h4,6H,2-3H2,1H3,(H,14,15,18)(H2,12,13,16,17,19). The molecule has 2 aromatic heterocycles. The molecule has 2 aromatic rings. The Morgan fingerprint density at radius 3 is 2.84 bits per heavy atom. The third-order valence-electron chi connectivity index (χ3n) is 2.96. The molecule has 1 amide bonds. The number of H-pyrrole nitrogens is 2. The van der Waals surface area contributed by atoms with Crippen molar-refractivity contribution >= 4 is 11.9 Å². The molecule has 0 radical (unpaired) electrons. The monoisotopic (exact) mass is 260 g/mol. The normalized spacial score (nSPS) is 14.4. The summed E-state index contributed by atoms with van der Waals surface area (Å²) >= 11 is 0. The minimum atomic E-state index is -0.551. The molecule has 1 saturated carbocycles. The van der Waals surface area contributed by atoms with Crippen LogP contribution in [0.2, 0.25) is 0 Å². The van der Waals surface area contributed by atoms with Crippen molar-refractivity contribution in [3.63, 3.8) is 0 Å². The third kappa shape index (κ3) is 2.24. The average molecular weight is 260 g/mol. The van der Waals surface area contributed by atoms with Gasteiger partial charge in [-0.2, -0.15) is 10.1 Å². The summed E-state index contributed by atoms with van der Waals surface area (Å²) in [7, 11) is 0. The quantitative estimate of drug-likeness (QED) is 0.735. The number of carbonyl (C=O) groups is 1. The highest BCUT2D eigenvalue weighted by Gasteiger charge is 2.28. The highest BCUT2D eigenvalue weighted by atomic mass is 16.2. The number of hydrogen-bond acceptors (Lipinski definition) is 5. The molecule has 2 heterocycles. The highest BCUT2D eigenvalue weighted by molar-refractivity contribution is 6.03. The van der Waals surface area contributed by atoms with Crippen LogP contribution in [0.1, 0.15) is 40.6 Å². The second-order valence-electron chi connectivity index (χ2n) is 4.47. The van der Waals surface area contributed by atoms with Gasteiger partial charge in [-0.25, -0.2) is 10.1 Å². The molecule has 8 heteroatoms. The number of anilines is 1. The van der Waals surface area contributed by atoms with Gasteiger partial charge < -0.3 is 4.98 Å². The Labute approximate surface area is 107 Å². The second-order valence-corrected chi connectivity index (χ2v) is 4.47. The van der Waals surface area contributed by atoms with E-state index < -0.39 is 11.5 Å². The Morgan fingerprint density at radius 1 is 1.47 bits per heavy atom. The van der Waals surface area contributed by atoms with Crippen LogP contribution in [0.4, 0.5) is 5.95 Å². The highest BCUT2D eigenvalue weighted by Crippen LogP contribution is 2.37. The van der Waals surface area contributed by atoms with Crippen LogP contribution >= 0.6 is 0 Å². The van der Waals surface area contributed by atoms with Crippen LogP contribution in [0.3, 0.4) is 0 Å². The molecule has 0 aromatic carbocycles. The van der Waals surface area contributed by atoms with Gasteiger partial charge in [0.25, 0.3) is 11.5 Å². The number of rotatable bonds is 3. The first-order valence-corrected chi connectivity index (χ1v) is 5.92. The van der Waals surface area contributed by atoms with E-state index in [0.29, 0.717) is 17.4 Å². The lowest BCUT2D eigenvalue weighted by Crippen LogP contribution is -2.27. The summed E-state index contributed by atoms with van der Waals surface area (Å²) in [5, 5.41) is 8.55. The summed E-state index contributed by atoms with van der Waals surface area (Å²) in [6.07, 6.45) is 3.33. The molecule has 19 heavy (non-hydrogen) atoms. The zero-order chi connectivity index (χ0) is 13.4. The van der Waals surface area contributed by atoms with Gasteiger partial charge in [-0.1, -0.05) is 0 Å². The first-order chi connectivity index (χ1) is 9.15. The summed E-state index contributed by atoms with van der Waals surface area (Å²) in [5.41, 5.74) is -0.00474. The van der Waals surface area contributed by atoms with E-state index in [9.17, 15) is 9.59 Å². The fraction of sp³-hybridized carbons (Fsp3) is 0.364. The number of amides is 1. The smallest absolute Gasteiger partial charge is 0.265 e. The SMILES string of the molecule is Cc1nc(C2CC2)[nH]c(=O)c1C(=O)Nc1ncn[nH]1. The van der Waals surface area contributed by atoms with Gasteiger partial charge in [-0.15, -0.1) is 0 Å². The van der Waals surface area contributed by atoms with Crippen molar-refractivity contribution in [3.8, 4) is 0 Å². The van der Waals surface area contributed by atoms with Gasteiger partial charge in [0.2, 0.25) is 5.95 Å². The molecule has 0 spiro atoms. The van der Waals surface area contributed by atoms with E-state index in [1.54, 1.807) is 6.92 Å². The molecular formula is C11H12N6O2. The minimum Gasteiger partial charge on any atom is -0.310 e. The zero-order valence-corrected chi connectivity index (χ0v) is 10.2. The van der Waals surface area contributed by atoms with Gasteiger partial charge in [0.1, 0.15) is 17.7 Å². The lowest BCUT2D eigenvalue weighted by atomic mass is 10.2. The molecule has 8 nitrogen and oxygen atoms in total. The van der Waals surface area contributed by atoms with E-state index in [0.717, 1.165) is 12.8 Å². The van der Waals surface area contributed by atoms with E-state index in [-0.39, 0.29) is 11.5 Å². The molecule has 0 saturated heterocycles. The first kappa shape index (κ1) is 11.6. The molecule has 3 N–H and O–H groups in total. The molecule has 1 aliphatic rings. The van der Waals surface area contributed by atoms with Crippen molar-refractivity contribution in [2.75, 3.05) is 5.32 Å². The average Bonchev–Trinajstić information content (AvgIpc) is 3.08. The summed E-state index contributed by atoms with van der Waals surface area (Å²) in [6.45, 7) is 1.65. The van der Waals surface area contributed by atoms with Crippen LogP contribution < -0.4 is 10.9 Å². The molecule has 1 aliphatic carbocycles. The van der Waals surface area contributed by atoms with Crippen molar-refractivity contribution < 1.29 is 4.79 Å². The topological polar surface area (TPSA) is 116 Å². The number of aryl methyl sites for hydroxylation is 1. The second kappa shape index (κ2) is 4.30. The molecular weight excluding hydrogens is 248 g/mol. The Balaban J connectivity index is 1.91. The zero-order valence-electron chi connectivity index (χ0n) is 10.2. The van der Waals surface area contributed by atoms with E-state index >= 15 is 0 Å². The van der Waals surface area contributed by atoms with Crippen LogP contribution in [0.25, 0.3) is 0 Å². The minimum absolute atomic E-state index is 0.000741. The lowest BCUT2D eigenvalue weighted by Gasteiger charge is -2.06. The van der Waals surface area contributed by atoms with Crippen molar-refractivity contribution in [2.45, 2.75) is 25.7 Å². The van der Waals surface area contributed by atoms with E-state index in [2.05, 4.69) is 30.5 Å². The molecule has 0 aliphatic heterocycles. The number of aromatic nitrogens is 5. The number of nitrogens with zero attached hydrogens (tertiary/aromatic N) is 3. The van der Waals surface area contributed by atoms with Crippen LogP contribution in [0.15, 0.2) is 11.1 Å². The van der Waals surface area contributed by atoms with Gasteiger partial charge in [-0.05, 0) is 19.8 Å². The Bertz CT molecular complexity index is 671. The predicted octanol–water partition coefficient (Wildman–Crippen LogP) is 0.326. The molecule has 1 fully saturated rings. The van der Waals surface area contributed by atoms with E-state index in [1.165, 1.54) is 6.33 Å². The fourth-order valence-electron chi connectivity index (χ4n) is 1.86. The Hall–Kier alpha value is -2.51. The van der Waals surface area contributed by atoms with E-state index in [4.69, 9.17) is 0 Å². The molecule has 0 unspecified atom stereocenters. The molecule has 0 atom stereocenters. The first-order valence-electron chi connectivity index (χ1n) is 5.92. The largest absolute Gasteiger partial charge is 0.310 e. The molecule has 98 valence electrons. The molecule has 0 bridgehead atoms. The van der Waals surface area contributed by atoms with Crippen LogP contribution in [-0.2, 0) is 0 Å². The van der Waals surface area contributed by atoms with Gasteiger partial charge in [0.05, 0.1) is 5.69 Å². The Kier molecular flexibility index (Phi) is 2.62. The van der Waals surface area contributed by atoms with Crippen molar-refractivity contribution in [3.05, 3.63) is 33.8 Å². The predicted molar refractivity (Wildman–Crippen MR) is 65.9 cm³/mol. The Morgan fingerprint density at radius 2 is 2.26 bits per heavy atom. The van der Waals surface area contributed by atoms with Crippen molar-refractivity contribution in [1.29, 1.82) is 0 Å². The van der Waals surface area contributed by atoms with Gasteiger partial charge in [0.15, 0.2) is 0 Å². The van der Waals surface area contributed by atoms with Crippen LogP contribution in [0, 0.1) is 6.92 Å². The molecule has 3 rings (SSSR count). The maximum atomic E-state index is 12.0. The maximum absolute atomic E-state index is 12.0. The summed E-state index contributed by atoms with van der Waals surface area (Å²) < 4.78 is 0. The van der Waals surface area contributed by atoms with Gasteiger partial charge in [0, 0.05) is 5.92 Å². The fourth-order valence-corrected chi connectivity index (χ4v) is 1.86. The summed E-state index contributed by atoms with van der Waals surface area (Å²) in [6, 6.07) is 0. The van der Waals surface area contributed by atoms with Crippen molar-refractivity contribution in [2.24, 2.45) is 0 Å². The van der Waals surface area contributed by atoms with E-state index in [1.807, 2.05) is 0 Å². The lowest BCUT2D eigenvalue weighted by molar-refractivity contribution is 0.102. The third-order valence-corrected chi connectivity index (χ3v) is 2.96. The van der Waals surface area contributed by atoms with Crippen LogP contribution in [-0.4, -0.2) is 31.1 Å². The number of hydrogen-bond donors (Lipinski definition) is 3. The maximum Gasteiger partial charge on any atom is 0.265 e. The van der Waals surface area contributed by atoms with Gasteiger partial charge in [-0.3, -0.25) is 14.9 Å². The number of nitrogens with one attached hydrogen (secondary N) is 3. The van der Waals surface area contributed by atoms with Crippen molar-refractivity contribution in [1.82, 2.24) is 25.1 Å². The number of carbonyl (C=O) groups excluding carboxylic acids is 1. The van der Waals surface area contributed by atoms with Crippen LogP contribution in [0.5, 0.6) is 0 Å². The number of aromatic amines is 2. The summed E-state index contributed by atoms with van der Waals surface area (Å²) in [4.78, 5) is 34.7. The van der Waals surface area contributed by atoms with Gasteiger partial charge >= 0.3 is 0 Å².